The SMILES string of the molecule is CC[C@H](C)Oc1c(Br)cc(/C=C2\SC(=NC)N(C)C2=O)cc1OC. The molecule has 1 aliphatic rings. The molecule has 1 saturated heterocycles. The molecule has 0 spiro atoms. The van der Waals surface area contributed by atoms with Crippen molar-refractivity contribution in [3.63, 3.8) is 0 Å². The van der Waals surface area contributed by atoms with E-state index in [1.54, 1.807) is 26.1 Å². The summed E-state index contributed by atoms with van der Waals surface area (Å²) in [6.45, 7) is 4.08. The molecule has 0 unspecified atom stereocenters. The van der Waals surface area contributed by atoms with Crippen molar-refractivity contribution in [3.05, 3.63) is 27.1 Å². The monoisotopic (exact) mass is 412 g/mol. The average Bonchev–Trinajstić information content (AvgIpc) is 2.84. The van der Waals surface area contributed by atoms with Crippen molar-refractivity contribution in [2.24, 2.45) is 4.99 Å². The Hall–Kier alpha value is -1.47. The lowest BCUT2D eigenvalue weighted by molar-refractivity contribution is -0.121. The summed E-state index contributed by atoms with van der Waals surface area (Å²) in [6.07, 6.45) is 2.82. The van der Waals surface area contributed by atoms with Gasteiger partial charge in [0, 0.05) is 14.1 Å². The van der Waals surface area contributed by atoms with E-state index >= 15 is 0 Å². The van der Waals surface area contributed by atoms with Crippen molar-refractivity contribution in [3.8, 4) is 11.5 Å². The molecule has 1 aromatic carbocycles. The predicted octanol–water partition coefficient (Wildman–Crippen LogP) is 4.17. The molecule has 7 heteroatoms. The molecule has 0 bridgehead atoms. The fourth-order valence-corrected chi connectivity index (χ4v) is 3.60. The van der Waals surface area contributed by atoms with E-state index in [0.29, 0.717) is 21.6 Å². The summed E-state index contributed by atoms with van der Waals surface area (Å²) in [5.41, 5.74) is 0.858. The van der Waals surface area contributed by atoms with Crippen molar-refractivity contribution < 1.29 is 14.3 Å². The molecular weight excluding hydrogens is 392 g/mol. The van der Waals surface area contributed by atoms with Gasteiger partial charge in [-0.05, 0) is 64.8 Å². The minimum absolute atomic E-state index is 0.0596. The Morgan fingerprint density at radius 1 is 1.46 bits per heavy atom. The first-order valence-electron chi connectivity index (χ1n) is 7.59. The van der Waals surface area contributed by atoms with Gasteiger partial charge in [0.05, 0.1) is 22.6 Å². The topological polar surface area (TPSA) is 51.1 Å². The Kier molecular flexibility index (Phi) is 6.34. The zero-order chi connectivity index (χ0) is 17.9. The predicted molar refractivity (Wildman–Crippen MR) is 103 cm³/mol. The molecule has 2 rings (SSSR count). The number of ether oxygens (including phenoxy) is 2. The number of thioether (sulfide) groups is 1. The number of hydrogen-bond acceptors (Lipinski definition) is 5. The summed E-state index contributed by atoms with van der Waals surface area (Å²) in [5.74, 6) is 1.24. The zero-order valence-electron chi connectivity index (χ0n) is 14.4. The highest BCUT2D eigenvalue weighted by Crippen LogP contribution is 2.39. The number of amidine groups is 1. The molecular formula is C17H21BrN2O3S. The number of carbonyl (C=O) groups is 1. The van der Waals surface area contributed by atoms with Crippen LogP contribution < -0.4 is 9.47 Å². The van der Waals surface area contributed by atoms with Gasteiger partial charge in [-0.25, -0.2) is 0 Å². The van der Waals surface area contributed by atoms with Gasteiger partial charge < -0.3 is 9.47 Å². The molecule has 1 fully saturated rings. The van der Waals surface area contributed by atoms with Crippen molar-refractivity contribution in [2.45, 2.75) is 26.4 Å². The fourth-order valence-electron chi connectivity index (χ4n) is 2.12. The number of methoxy groups -OCH3 is 1. The third kappa shape index (κ3) is 3.95. The van der Waals surface area contributed by atoms with Crippen LogP contribution in [0.3, 0.4) is 0 Å². The number of hydrogen-bond donors (Lipinski definition) is 0. The highest BCUT2D eigenvalue weighted by atomic mass is 79.9. The molecule has 1 aromatic rings. The summed E-state index contributed by atoms with van der Waals surface area (Å²) >= 11 is 4.90. The van der Waals surface area contributed by atoms with Crippen LogP contribution in [0.15, 0.2) is 26.5 Å². The molecule has 0 aliphatic carbocycles. The number of carbonyl (C=O) groups excluding carboxylic acids is 1. The summed E-state index contributed by atoms with van der Waals surface area (Å²) in [5, 5.41) is 0.689. The Morgan fingerprint density at radius 3 is 2.71 bits per heavy atom. The largest absolute Gasteiger partial charge is 0.493 e. The van der Waals surface area contributed by atoms with Gasteiger partial charge in [-0.1, -0.05) is 6.92 Å². The summed E-state index contributed by atoms with van der Waals surface area (Å²) in [4.78, 5) is 18.5. The number of nitrogens with zero attached hydrogens (tertiary/aromatic N) is 2. The highest BCUT2D eigenvalue weighted by molar-refractivity contribution is 9.10. The van der Waals surface area contributed by atoms with Crippen molar-refractivity contribution in [1.82, 2.24) is 4.90 Å². The van der Waals surface area contributed by atoms with Crippen LogP contribution in [0.25, 0.3) is 6.08 Å². The van der Waals surface area contributed by atoms with Crippen LogP contribution in [0.4, 0.5) is 0 Å². The van der Waals surface area contributed by atoms with Gasteiger partial charge in [0.15, 0.2) is 16.7 Å². The second kappa shape index (κ2) is 8.07. The molecule has 1 amide bonds. The molecule has 5 nitrogen and oxygen atoms in total. The van der Waals surface area contributed by atoms with Crippen LogP contribution in [0.1, 0.15) is 25.8 Å². The first kappa shape index (κ1) is 18.9. The highest BCUT2D eigenvalue weighted by Gasteiger charge is 2.29. The number of rotatable bonds is 5. The number of aliphatic imine (C=N–C) groups is 1. The molecule has 0 saturated carbocycles. The van der Waals surface area contributed by atoms with Gasteiger partial charge >= 0.3 is 0 Å². The number of likely N-dealkylation sites (N-methyl/N-ethyl adjacent to an activating group) is 1. The van der Waals surface area contributed by atoms with Crippen molar-refractivity contribution in [1.29, 1.82) is 0 Å². The quantitative estimate of drug-likeness (QED) is 0.680. The Labute approximate surface area is 155 Å². The van der Waals surface area contributed by atoms with Crippen molar-refractivity contribution >= 4 is 44.8 Å². The van der Waals surface area contributed by atoms with Gasteiger partial charge in [-0.15, -0.1) is 0 Å². The summed E-state index contributed by atoms with van der Waals surface area (Å²) < 4.78 is 12.2. The summed E-state index contributed by atoms with van der Waals surface area (Å²) in [7, 11) is 5.00. The van der Waals surface area contributed by atoms with Crippen molar-refractivity contribution in [2.75, 3.05) is 21.2 Å². The first-order valence-corrected chi connectivity index (χ1v) is 9.20. The van der Waals surface area contributed by atoms with E-state index in [-0.39, 0.29) is 12.0 Å². The molecule has 0 radical (unpaired) electrons. The van der Waals surface area contributed by atoms with E-state index < -0.39 is 0 Å². The molecule has 130 valence electrons. The Bertz CT molecular complexity index is 703. The Balaban J connectivity index is 2.38. The van der Waals surface area contributed by atoms with E-state index in [9.17, 15) is 4.79 Å². The van der Waals surface area contributed by atoms with E-state index in [1.807, 2.05) is 25.1 Å². The average molecular weight is 413 g/mol. The van der Waals surface area contributed by atoms with Gasteiger partial charge in [0.2, 0.25) is 0 Å². The lowest BCUT2D eigenvalue weighted by Gasteiger charge is -2.17. The fraction of sp³-hybridized carbons (Fsp3) is 0.412. The van der Waals surface area contributed by atoms with Gasteiger partial charge in [-0.3, -0.25) is 14.7 Å². The van der Waals surface area contributed by atoms with E-state index in [1.165, 1.54) is 11.8 Å². The van der Waals surface area contributed by atoms with Gasteiger partial charge in [0.1, 0.15) is 0 Å². The van der Waals surface area contributed by atoms with E-state index in [4.69, 9.17) is 9.47 Å². The third-order valence-corrected chi connectivity index (χ3v) is 5.38. The van der Waals surface area contributed by atoms with Crippen LogP contribution in [-0.2, 0) is 4.79 Å². The van der Waals surface area contributed by atoms with Crippen LogP contribution >= 0.6 is 27.7 Å². The standard InChI is InChI=1S/C17H21BrN2O3S/c1-6-10(2)23-15-12(18)7-11(8-13(15)22-5)9-14-16(21)20(4)17(19-3)24-14/h7-10H,6H2,1-5H3/b14-9-,19-17?/t10-/m0/s1. The maximum Gasteiger partial charge on any atom is 0.266 e. The zero-order valence-corrected chi connectivity index (χ0v) is 16.8. The maximum absolute atomic E-state index is 12.3. The molecule has 1 aliphatic heterocycles. The van der Waals surface area contributed by atoms with Gasteiger partial charge in [-0.2, -0.15) is 0 Å². The molecule has 24 heavy (non-hydrogen) atoms. The van der Waals surface area contributed by atoms with E-state index in [0.717, 1.165) is 16.5 Å². The number of halogens is 1. The molecule has 1 atom stereocenters. The smallest absolute Gasteiger partial charge is 0.266 e. The number of benzene rings is 1. The van der Waals surface area contributed by atoms with Crippen LogP contribution in [0, 0.1) is 0 Å². The lowest BCUT2D eigenvalue weighted by Crippen LogP contribution is -2.23. The Morgan fingerprint density at radius 2 is 2.17 bits per heavy atom. The number of amides is 1. The minimum atomic E-state index is -0.0596. The van der Waals surface area contributed by atoms with Crippen LogP contribution in [0.2, 0.25) is 0 Å². The lowest BCUT2D eigenvalue weighted by atomic mass is 10.1. The van der Waals surface area contributed by atoms with Gasteiger partial charge in [0.25, 0.3) is 5.91 Å². The molecule has 0 aromatic heterocycles. The molecule has 0 N–H and O–H groups in total. The molecule has 1 heterocycles. The second-order valence-electron chi connectivity index (χ2n) is 5.35. The minimum Gasteiger partial charge on any atom is -0.493 e. The third-order valence-electron chi connectivity index (χ3n) is 3.64. The van der Waals surface area contributed by atoms with Crippen LogP contribution in [-0.4, -0.2) is 43.3 Å². The second-order valence-corrected chi connectivity index (χ2v) is 7.22. The van der Waals surface area contributed by atoms with E-state index in [2.05, 4.69) is 27.8 Å². The first-order chi connectivity index (χ1) is 11.4. The maximum atomic E-state index is 12.3. The summed E-state index contributed by atoms with van der Waals surface area (Å²) in [6, 6.07) is 3.78. The normalized spacial score (nSPS) is 19.2. The van der Waals surface area contributed by atoms with Crippen LogP contribution in [0.5, 0.6) is 11.5 Å².